The number of aromatic nitrogens is 3. The maximum Gasteiger partial charge on any atom is 0.164 e. The largest absolute Gasteiger partial charge is 0.456 e. The molecule has 4 nitrogen and oxygen atoms in total. The highest BCUT2D eigenvalue weighted by molar-refractivity contribution is 6.17. The second-order valence-electron chi connectivity index (χ2n) is 10.1. The molecule has 0 atom stereocenters. The zero-order valence-corrected chi connectivity index (χ0v) is 22.0. The van der Waals surface area contributed by atoms with Crippen molar-refractivity contribution in [2.24, 2.45) is 0 Å². The van der Waals surface area contributed by atoms with Gasteiger partial charge in [0, 0.05) is 27.5 Å². The molecule has 0 N–H and O–H groups in total. The van der Waals surface area contributed by atoms with Crippen molar-refractivity contribution in [1.82, 2.24) is 15.0 Å². The van der Waals surface area contributed by atoms with Crippen molar-refractivity contribution in [2.45, 2.75) is 0 Å². The third-order valence-corrected chi connectivity index (χ3v) is 7.52. The molecule has 2 aromatic heterocycles. The summed E-state index contributed by atoms with van der Waals surface area (Å²) in [6.07, 6.45) is 0. The molecule has 0 bridgehead atoms. The molecule has 0 radical (unpaired) electrons. The summed E-state index contributed by atoms with van der Waals surface area (Å²) in [6, 6.07) is 47.5. The molecule has 0 fully saturated rings. The van der Waals surface area contributed by atoms with E-state index in [-0.39, 0.29) is 0 Å². The Labute approximate surface area is 236 Å². The number of benzene rings is 6. The molecule has 8 rings (SSSR count). The summed E-state index contributed by atoms with van der Waals surface area (Å²) in [5.74, 6) is 1.88. The van der Waals surface area contributed by atoms with Crippen LogP contribution >= 0.6 is 0 Å². The lowest BCUT2D eigenvalue weighted by Crippen LogP contribution is -2.00. The summed E-state index contributed by atoms with van der Waals surface area (Å²) < 4.78 is 6.42. The molecule has 0 aliphatic carbocycles. The molecule has 0 amide bonds. The highest BCUT2D eigenvalue weighted by Crippen LogP contribution is 2.41. The molecule has 0 unspecified atom stereocenters. The standard InChI is InChI=1S/C37H23N3O/c1-3-12-25(13-4-1)35-38-36(26-14-5-2-6-15-26)40-37(39-35)30-18-10-20-32-34(30)33-29(17-9-19-31(33)41-32)28-22-21-24-11-7-8-16-27(24)23-28/h1-23H. The fourth-order valence-corrected chi connectivity index (χ4v) is 5.58. The first-order valence-electron chi connectivity index (χ1n) is 13.6. The number of fused-ring (bicyclic) bond motifs is 4. The van der Waals surface area contributed by atoms with E-state index in [1.165, 1.54) is 10.8 Å². The van der Waals surface area contributed by atoms with Crippen molar-refractivity contribution >= 4 is 32.7 Å². The maximum atomic E-state index is 6.42. The van der Waals surface area contributed by atoms with E-state index in [2.05, 4.69) is 60.7 Å². The lowest BCUT2D eigenvalue weighted by atomic mass is 9.95. The molecule has 8 aromatic rings. The van der Waals surface area contributed by atoms with Gasteiger partial charge in [0.25, 0.3) is 0 Å². The van der Waals surface area contributed by atoms with E-state index in [1.807, 2.05) is 78.9 Å². The average molecular weight is 526 g/mol. The first kappa shape index (κ1) is 23.3. The normalized spacial score (nSPS) is 11.4. The third-order valence-electron chi connectivity index (χ3n) is 7.52. The predicted octanol–water partition coefficient (Wildman–Crippen LogP) is 9.59. The molecule has 0 spiro atoms. The van der Waals surface area contributed by atoms with Crippen LogP contribution in [0.3, 0.4) is 0 Å². The van der Waals surface area contributed by atoms with Gasteiger partial charge in [-0.25, -0.2) is 15.0 Å². The van der Waals surface area contributed by atoms with Gasteiger partial charge in [-0.15, -0.1) is 0 Å². The van der Waals surface area contributed by atoms with E-state index < -0.39 is 0 Å². The zero-order chi connectivity index (χ0) is 27.2. The number of rotatable bonds is 4. The van der Waals surface area contributed by atoms with Gasteiger partial charge < -0.3 is 4.42 Å². The first-order valence-corrected chi connectivity index (χ1v) is 13.6. The third kappa shape index (κ3) is 4.05. The fraction of sp³-hybridized carbons (Fsp3) is 0. The second kappa shape index (κ2) is 9.54. The summed E-state index contributed by atoms with van der Waals surface area (Å²) in [5.41, 5.74) is 6.67. The van der Waals surface area contributed by atoms with Gasteiger partial charge >= 0.3 is 0 Å². The molecule has 192 valence electrons. The quantitative estimate of drug-likeness (QED) is 0.230. The van der Waals surface area contributed by atoms with Crippen molar-refractivity contribution < 1.29 is 4.42 Å². The van der Waals surface area contributed by atoms with E-state index in [4.69, 9.17) is 19.4 Å². The Bertz CT molecular complexity index is 2140. The average Bonchev–Trinajstić information content (AvgIpc) is 3.44. The van der Waals surface area contributed by atoms with Gasteiger partial charge in [-0.05, 0) is 40.1 Å². The highest BCUT2D eigenvalue weighted by Gasteiger charge is 2.20. The van der Waals surface area contributed by atoms with Crippen molar-refractivity contribution in [3.05, 3.63) is 140 Å². The van der Waals surface area contributed by atoms with Crippen LogP contribution < -0.4 is 0 Å². The van der Waals surface area contributed by atoms with Crippen LogP contribution in [0.2, 0.25) is 0 Å². The van der Waals surface area contributed by atoms with Crippen LogP contribution in [0, 0.1) is 0 Å². The Kier molecular flexibility index (Phi) is 5.42. The lowest BCUT2D eigenvalue weighted by molar-refractivity contribution is 0.669. The van der Waals surface area contributed by atoms with E-state index in [0.29, 0.717) is 17.5 Å². The van der Waals surface area contributed by atoms with Crippen LogP contribution in [0.25, 0.3) is 78.0 Å². The van der Waals surface area contributed by atoms with Gasteiger partial charge in [0.15, 0.2) is 17.5 Å². The van der Waals surface area contributed by atoms with Gasteiger partial charge in [0.05, 0.1) is 0 Å². The monoisotopic (exact) mass is 525 g/mol. The molecule has 0 saturated carbocycles. The SMILES string of the molecule is c1ccc(-c2nc(-c3ccccc3)nc(-c3cccc4oc5cccc(-c6ccc7ccccc7c6)c5c34)n2)cc1. The van der Waals surface area contributed by atoms with Crippen molar-refractivity contribution in [3.8, 4) is 45.3 Å². The maximum absolute atomic E-state index is 6.42. The molecule has 4 heteroatoms. The number of hydrogen-bond donors (Lipinski definition) is 0. The predicted molar refractivity (Wildman–Crippen MR) is 166 cm³/mol. The second-order valence-corrected chi connectivity index (χ2v) is 10.1. The Morgan fingerprint density at radius 2 is 0.902 bits per heavy atom. The number of furan rings is 1. The Morgan fingerprint density at radius 1 is 0.366 bits per heavy atom. The van der Waals surface area contributed by atoms with Crippen LogP contribution in [0.15, 0.2) is 144 Å². The smallest absolute Gasteiger partial charge is 0.164 e. The molecule has 0 aliphatic heterocycles. The van der Waals surface area contributed by atoms with Crippen LogP contribution in [0.4, 0.5) is 0 Å². The summed E-state index contributed by atoms with van der Waals surface area (Å²) in [7, 11) is 0. The molecule has 6 aromatic carbocycles. The summed E-state index contributed by atoms with van der Waals surface area (Å²) in [6.45, 7) is 0. The van der Waals surface area contributed by atoms with Gasteiger partial charge in [0.1, 0.15) is 11.2 Å². The molecule has 41 heavy (non-hydrogen) atoms. The van der Waals surface area contributed by atoms with Crippen LogP contribution in [-0.2, 0) is 0 Å². The van der Waals surface area contributed by atoms with Gasteiger partial charge in [0.2, 0.25) is 0 Å². The van der Waals surface area contributed by atoms with Gasteiger partial charge in [-0.1, -0.05) is 121 Å². The molecular weight excluding hydrogens is 502 g/mol. The summed E-state index contributed by atoms with van der Waals surface area (Å²) in [5, 5.41) is 4.47. The van der Waals surface area contributed by atoms with Crippen molar-refractivity contribution in [1.29, 1.82) is 0 Å². The van der Waals surface area contributed by atoms with Gasteiger partial charge in [-0.3, -0.25) is 0 Å². The Hall–Kier alpha value is -5.61. The van der Waals surface area contributed by atoms with Crippen LogP contribution in [0.1, 0.15) is 0 Å². The molecule has 0 saturated heterocycles. The first-order chi connectivity index (χ1) is 20.3. The van der Waals surface area contributed by atoms with E-state index in [0.717, 1.165) is 49.8 Å². The lowest BCUT2D eigenvalue weighted by Gasteiger charge is -2.10. The molecule has 0 aliphatic rings. The summed E-state index contributed by atoms with van der Waals surface area (Å²) in [4.78, 5) is 14.9. The summed E-state index contributed by atoms with van der Waals surface area (Å²) >= 11 is 0. The number of nitrogens with zero attached hydrogens (tertiary/aromatic N) is 3. The Balaban J connectivity index is 1.41. The minimum atomic E-state index is 0.610. The number of hydrogen-bond acceptors (Lipinski definition) is 4. The zero-order valence-electron chi connectivity index (χ0n) is 22.0. The highest BCUT2D eigenvalue weighted by atomic mass is 16.3. The Morgan fingerprint density at radius 3 is 1.56 bits per heavy atom. The van der Waals surface area contributed by atoms with Crippen LogP contribution in [-0.4, -0.2) is 15.0 Å². The minimum Gasteiger partial charge on any atom is -0.456 e. The topological polar surface area (TPSA) is 51.8 Å². The van der Waals surface area contributed by atoms with E-state index in [9.17, 15) is 0 Å². The minimum absolute atomic E-state index is 0.610. The van der Waals surface area contributed by atoms with Crippen LogP contribution in [0.5, 0.6) is 0 Å². The van der Waals surface area contributed by atoms with Crippen molar-refractivity contribution in [2.75, 3.05) is 0 Å². The molecule has 2 heterocycles. The molecular formula is C37H23N3O. The van der Waals surface area contributed by atoms with Gasteiger partial charge in [-0.2, -0.15) is 0 Å². The van der Waals surface area contributed by atoms with E-state index in [1.54, 1.807) is 0 Å². The fourth-order valence-electron chi connectivity index (χ4n) is 5.58. The van der Waals surface area contributed by atoms with Crippen molar-refractivity contribution in [3.63, 3.8) is 0 Å². The van der Waals surface area contributed by atoms with E-state index >= 15 is 0 Å².